The number of amides is 3. The van der Waals surface area contributed by atoms with Crippen molar-refractivity contribution in [1.29, 1.82) is 0 Å². The second-order valence-corrected chi connectivity index (χ2v) is 12.9. The average molecular weight is 747 g/mol. The minimum atomic E-state index is -1.50. The van der Waals surface area contributed by atoms with Gasteiger partial charge in [-0.25, -0.2) is 23.9 Å². The Bertz CT molecular complexity index is 1560. The number of carbonyl (C=O) groups excluding carboxylic acids is 4. The molecule has 264 valence electrons. The van der Waals surface area contributed by atoms with Gasteiger partial charge in [0.05, 0.1) is 31.0 Å². The molecule has 1 saturated heterocycles. The number of oxazole rings is 1. The molecule has 2 aliphatic heterocycles. The minimum absolute atomic E-state index is 0.00830. The van der Waals surface area contributed by atoms with E-state index in [0.29, 0.717) is 28.7 Å². The van der Waals surface area contributed by atoms with E-state index in [1.54, 1.807) is 51.1 Å². The van der Waals surface area contributed by atoms with Gasteiger partial charge in [0.1, 0.15) is 29.2 Å². The summed E-state index contributed by atoms with van der Waals surface area (Å²) in [5, 5.41) is 15.6. The second kappa shape index (κ2) is 17.9. The minimum Gasteiger partial charge on any atom is -0.460 e. The zero-order valence-corrected chi connectivity index (χ0v) is 29.1. The molecule has 0 aromatic carbocycles. The Labute approximate surface area is 292 Å². The molecule has 6 atom stereocenters. The molecule has 0 aliphatic carbocycles. The lowest BCUT2D eigenvalue weighted by Gasteiger charge is -2.30. The van der Waals surface area contributed by atoms with Crippen molar-refractivity contribution in [1.82, 2.24) is 20.2 Å². The average Bonchev–Trinajstić information content (AvgIpc) is 3.74. The lowest BCUT2D eigenvalue weighted by atomic mass is 9.93. The normalized spacial score (nSPS) is 25.8. The van der Waals surface area contributed by atoms with Gasteiger partial charge < -0.3 is 29.2 Å². The third-order valence-corrected chi connectivity index (χ3v) is 8.48. The van der Waals surface area contributed by atoms with E-state index < -0.39 is 60.1 Å². The number of hydrogen-bond acceptors (Lipinski definition) is 10. The highest BCUT2D eigenvalue weighted by molar-refractivity contribution is 9.10. The number of pyridine rings is 1. The van der Waals surface area contributed by atoms with E-state index >= 15 is 0 Å². The first kappa shape index (κ1) is 37.4. The van der Waals surface area contributed by atoms with Gasteiger partial charge in [0.2, 0.25) is 5.91 Å². The number of anilines is 1. The van der Waals surface area contributed by atoms with Gasteiger partial charge in [-0.3, -0.25) is 14.9 Å². The molecule has 2 aromatic rings. The number of esters is 1. The van der Waals surface area contributed by atoms with Gasteiger partial charge in [-0.2, -0.15) is 0 Å². The van der Waals surface area contributed by atoms with Gasteiger partial charge in [0.15, 0.2) is 11.6 Å². The van der Waals surface area contributed by atoms with Crippen LogP contribution in [0.2, 0.25) is 0 Å². The molecule has 4 rings (SSSR count). The summed E-state index contributed by atoms with van der Waals surface area (Å²) < 4.78 is 32.2. The fraction of sp³-hybridized carbons (Fsp3) is 0.471. The van der Waals surface area contributed by atoms with Crippen LogP contribution in [0.25, 0.3) is 0 Å². The van der Waals surface area contributed by atoms with Crippen LogP contribution in [0.5, 0.6) is 0 Å². The van der Waals surface area contributed by atoms with Crippen LogP contribution in [0.15, 0.2) is 69.6 Å². The van der Waals surface area contributed by atoms with E-state index in [2.05, 4.69) is 36.5 Å². The molecular weight excluding hydrogens is 705 g/mol. The van der Waals surface area contributed by atoms with Gasteiger partial charge in [-0.15, -0.1) is 0 Å². The molecule has 0 unspecified atom stereocenters. The molecule has 3 N–H and O–H groups in total. The summed E-state index contributed by atoms with van der Waals surface area (Å²) in [7, 11) is 0. The van der Waals surface area contributed by atoms with Crippen LogP contribution in [0.3, 0.4) is 0 Å². The van der Waals surface area contributed by atoms with Crippen LogP contribution >= 0.6 is 15.9 Å². The Morgan fingerprint density at radius 1 is 1.29 bits per heavy atom. The van der Waals surface area contributed by atoms with Gasteiger partial charge in [0, 0.05) is 31.3 Å². The Balaban J connectivity index is 1.53. The molecule has 4 heterocycles. The Kier molecular flexibility index (Phi) is 13.6. The Morgan fingerprint density at radius 3 is 2.84 bits per heavy atom. The molecule has 2 aromatic heterocycles. The van der Waals surface area contributed by atoms with E-state index in [-0.39, 0.29) is 44.1 Å². The number of aliphatic hydroxyl groups is 1. The summed E-state index contributed by atoms with van der Waals surface area (Å²) in [6.07, 6.45) is 6.65. The van der Waals surface area contributed by atoms with Crippen LogP contribution in [0.1, 0.15) is 56.4 Å². The van der Waals surface area contributed by atoms with Crippen molar-refractivity contribution < 1.29 is 42.6 Å². The van der Waals surface area contributed by atoms with E-state index in [0.717, 1.165) is 6.26 Å². The number of nitrogens with one attached hydrogen (secondary N) is 2. The lowest BCUT2D eigenvalue weighted by Crippen LogP contribution is -2.44. The van der Waals surface area contributed by atoms with E-state index in [9.17, 15) is 28.7 Å². The number of hydrogen-bond donors (Lipinski definition) is 3. The predicted octanol–water partition coefficient (Wildman–Crippen LogP) is 4.69. The molecule has 2 bridgehead atoms. The number of aromatic nitrogens is 2. The molecule has 0 spiro atoms. The number of fused-ring (bicyclic) bond motifs is 3. The summed E-state index contributed by atoms with van der Waals surface area (Å²) in [6.45, 7) is 5.57. The van der Waals surface area contributed by atoms with Crippen LogP contribution < -0.4 is 10.6 Å². The molecule has 49 heavy (non-hydrogen) atoms. The predicted molar refractivity (Wildman–Crippen MR) is 180 cm³/mol. The number of rotatable bonds is 4. The van der Waals surface area contributed by atoms with E-state index in [1.807, 2.05) is 0 Å². The third kappa shape index (κ3) is 11.3. The number of alkyl halides is 1. The largest absolute Gasteiger partial charge is 0.460 e. The maximum atomic E-state index is 14.8. The van der Waals surface area contributed by atoms with Crippen molar-refractivity contribution in [2.24, 2.45) is 11.8 Å². The van der Waals surface area contributed by atoms with Crippen LogP contribution in [-0.4, -0.2) is 88.0 Å². The van der Waals surface area contributed by atoms with Crippen LogP contribution in [-0.2, 0) is 25.5 Å². The number of nitrogens with zero attached hydrogens (tertiary/aromatic N) is 3. The van der Waals surface area contributed by atoms with Crippen LogP contribution in [0, 0.1) is 11.8 Å². The molecular formula is C34H41BrFN5O8. The number of ether oxygens (including phenoxy) is 2. The first-order chi connectivity index (χ1) is 23.4. The fourth-order valence-corrected chi connectivity index (χ4v) is 5.77. The first-order valence-corrected chi connectivity index (χ1v) is 16.8. The fourth-order valence-electron chi connectivity index (χ4n) is 5.54. The van der Waals surface area contributed by atoms with Gasteiger partial charge in [-0.1, -0.05) is 43.7 Å². The van der Waals surface area contributed by atoms with Gasteiger partial charge in [-0.05, 0) is 53.9 Å². The quantitative estimate of drug-likeness (QED) is 0.295. The molecule has 1 fully saturated rings. The number of cyclic esters (lactones) is 1. The molecule has 2 aliphatic rings. The lowest BCUT2D eigenvalue weighted by molar-refractivity contribution is -0.159. The highest BCUT2D eigenvalue weighted by Crippen LogP contribution is 2.26. The molecule has 0 saturated carbocycles. The Hall–Kier alpha value is -4.37. The number of allylic oxidation sites excluding steroid dienone is 2. The summed E-state index contributed by atoms with van der Waals surface area (Å²) in [4.78, 5) is 61.7. The van der Waals surface area contributed by atoms with Crippen molar-refractivity contribution in [3.63, 3.8) is 0 Å². The van der Waals surface area contributed by atoms with Crippen molar-refractivity contribution in [3.05, 3.63) is 76.7 Å². The summed E-state index contributed by atoms with van der Waals surface area (Å²) in [6, 6.07) is 2.38. The molecule has 15 heteroatoms. The van der Waals surface area contributed by atoms with Gasteiger partial charge >= 0.3 is 12.1 Å². The van der Waals surface area contributed by atoms with Crippen LogP contribution in [0.4, 0.5) is 14.9 Å². The Morgan fingerprint density at radius 2 is 2.08 bits per heavy atom. The van der Waals surface area contributed by atoms with E-state index in [1.165, 1.54) is 23.2 Å². The first-order valence-electron chi connectivity index (χ1n) is 16.0. The maximum Gasteiger partial charge on any atom is 0.411 e. The van der Waals surface area contributed by atoms with E-state index in [4.69, 9.17) is 13.9 Å². The SMILES string of the molecule is CC1=C[C@@H](O)C[C@@H](F)Cc2nc(co2)C(=O)N2CCC[C@@H]2C(=O)O[C@H]([C@H](C)COC(=O)Nc2ccc(Br)nc2)[C@H](C)/C=C/C(=O)NCC=C1. The maximum absolute atomic E-state index is 14.8. The number of halogens is 2. The second-order valence-electron chi connectivity index (χ2n) is 12.1. The zero-order valence-electron chi connectivity index (χ0n) is 27.5. The smallest absolute Gasteiger partial charge is 0.411 e. The topological polar surface area (TPSA) is 173 Å². The highest BCUT2D eigenvalue weighted by Gasteiger charge is 2.39. The molecule has 3 amide bonds. The van der Waals surface area contributed by atoms with Crippen molar-refractivity contribution >= 4 is 45.5 Å². The molecule has 0 radical (unpaired) electrons. The van der Waals surface area contributed by atoms with Crippen molar-refractivity contribution in [3.8, 4) is 0 Å². The van der Waals surface area contributed by atoms with Gasteiger partial charge in [0.25, 0.3) is 5.91 Å². The molecule has 13 nitrogen and oxygen atoms in total. The number of carbonyl (C=O) groups is 4. The highest BCUT2D eigenvalue weighted by atomic mass is 79.9. The monoisotopic (exact) mass is 745 g/mol. The van der Waals surface area contributed by atoms with Crippen molar-refractivity contribution in [2.45, 2.75) is 70.9 Å². The zero-order chi connectivity index (χ0) is 35.5. The third-order valence-electron chi connectivity index (χ3n) is 8.01. The van der Waals surface area contributed by atoms with Crippen molar-refractivity contribution in [2.75, 3.05) is 25.0 Å². The summed E-state index contributed by atoms with van der Waals surface area (Å²) in [5.41, 5.74) is 1.02. The standard InChI is InChI=1S/C34H41BrFN5O8/c1-20-6-4-12-37-29(43)11-8-21(2)31(22(3)18-48-34(46)39-24-9-10-28(35)38-17-24)49-33(45)27-7-5-13-41(27)32(44)26-19-47-30(40-26)16-23(36)15-25(42)14-20/h4,6,8-11,14,17,19,21-23,25,27,31,42H,5,7,12-13,15-16,18H2,1-3H3,(H,37,43)(H,39,46)/b6-4?,11-8+,20-14?/t21-,22-,23-,25-,27-,31+/m1/s1. The summed E-state index contributed by atoms with van der Waals surface area (Å²) in [5.74, 6) is -2.66. The summed E-state index contributed by atoms with van der Waals surface area (Å²) >= 11 is 3.23. The number of aliphatic hydroxyl groups excluding tert-OH is 1.